The summed E-state index contributed by atoms with van der Waals surface area (Å²) in [6.45, 7) is 0.0942. The van der Waals surface area contributed by atoms with E-state index in [0.29, 0.717) is 22.7 Å². The van der Waals surface area contributed by atoms with Crippen molar-refractivity contribution >= 4 is 51.0 Å². The number of Topliss-reactive ketones (excluding diaryl/α,β-unsaturated/α-hetero) is 1. The van der Waals surface area contributed by atoms with Crippen LogP contribution in [0.3, 0.4) is 0 Å². The minimum Gasteiger partial charge on any atom is -0.454 e. The van der Waals surface area contributed by atoms with Gasteiger partial charge in [0.15, 0.2) is 17.3 Å². The molecule has 0 spiro atoms. The lowest BCUT2D eigenvalue weighted by molar-refractivity contribution is -0.122. The highest BCUT2D eigenvalue weighted by atomic mass is 79.9. The molecule has 4 atom stereocenters. The van der Waals surface area contributed by atoms with E-state index in [1.54, 1.807) is 30.3 Å². The quantitative estimate of drug-likeness (QED) is 0.359. The summed E-state index contributed by atoms with van der Waals surface area (Å²) in [5.41, 5.74) is 2.72. The zero-order valence-electron chi connectivity index (χ0n) is 18.8. The van der Waals surface area contributed by atoms with Gasteiger partial charge in [-0.1, -0.05) is 58.4 Å². The molecule has 3 aromatic rings. The van der Waals surface area contributed by atoms with Gasteiger partial charge in [-0.15, -0.1) is 0 Å². The van der Waals surface area contributed by atoms with Crippen LogP contribution in [0.2, 0.25) is 0 Å². The SMILES string of the molecule is O=C(c1ccc(Br)cc1)C1C2C(=O)N(c3ccc4c(c3)OCO4)C(=O)C2C2C=Cc3ccccc3N21. The van der Waals surface area contributed by atoms with Crippen molar-refractivity contribution in [2.75, 3.05) is 16.6 Å². The molecule has 2 amide bonds. The number of halogens is 1. The van der Waals surface area contributed by atoms with E-state index in [9.17, 15) is 14.4 Å². The molecule has 36 heavy (non-hydrogen) atoms. The zero-order chi connectivity index (χ0) is 24.6. The van der Waals surface area contributed by atoms with Crippen LogP contribution in [0.25, 0.3) is 6.08 Å². The molecule has 4 aliphatic rings. The molecule has 7 rings (SSSR count). The average Bonchev–Trinajstić information content (AvgIpc) is 3.57. The highest BCUT2D eigenvalue weighted by Gasteiger charge is 2.64. The maximum absolute atomic E-state index is 14.0. The minimum absolute atomic E-state index is 0.0942. The molecular formula is C28H19BrN2O5. The van der Waals surface area contributed by atoms with Crippen molar-refractivity contribution in [3.63, 3.8) is 0 Å². The Labute approximate surface area is 215 Å². The van der Waals surface area contributed by atoms with E-state index < -0.39 is 23.9 Å². The summed E-state index contributed by atoms with van der Waals surface area (Å²) in [6, 6.07) is 18.7. The number of para-hydroxylation sites is 1. The molecule has 2 saturated heterocycles. The summed E-state index contributed by atoms with van der Waals surface area (Å²) in [4.78, 5) is 45.0. The highest BCUT2D eigenvalue weighted by molar-refractivity contribution is 9.10. The molecule has 3 aromatic carbocycles. The Morgan fingerprint density at radius 1 is 0.889 bits per heavy atom. The van der Waals surface area contributed by atoms with Crippen molar-refractivity contribution in [2.45, 2.75) is 12.1 Å². The first-order chi connectivity index (χ1) is 17.5. The fraction of sp³-hybridized carbons (Fsp3) is 0.179. The highest BCUT2D eigenvalue weighted by Crippen LogP contribution is 2.50. The Morgan fingerprint density at radius 3 is 2.47 bits per heavy atom. The third kappa shape index (κ3) is 2.94. The number of benzene rings is 3. The van der Waals surface area contributed by atoms with Crippen LogP contribution >= 0.6 is 15.9 Å². The van der Waals surface area contributed by atoms with Crippen molar-refractivity contribution in [3.8, 4) is 11.5 Å². The maximum Gasteiger partial charge on any atom is 0.240 e. The van der Waals surface area contributed by atoms with Gasteiger partial charge in [0.2, 0.25) is 18.6 Å². The molecular weight excluding hydrogens is 524 g/mol. The van der Waals surface area contributed by atoms with E-state index in [2.05, 4.69) is 15.9 Å². The van der Waals surface area contributed by atoms with Gasteiger partial charge in [-0.25, -0.2) is 4.90 Å². The molecule has 7 nitrogen and oxygen atoms in total. The number of rotatable bonds is 3. The number of anilines is 2. The molecule has 178 valence electrons. The van der Waals surface area contributed by atoms with Crippen LogP contribution in [0.1, 0.15) is 15.9 Å². The van der Waals surface area contributed by atoms with Gasteiger partial charge in [-0.2, -0.15) is 0 Å². The first kappa shape index (κ1) is 21.4. The fourth-order valence-electron chi connectivity index (χ4n) is 5.88. The largest absolute Gasteiger partial charge is 0.454 e. The van der Waals surface area contributed by atoms with Crippen molar-refractivity contribution < 1.29 is 23.9 Å². The van der Waals surface area contributed by atoms with Crippen LogP contribution in [0, 0.1) is 11.8 Å². The molecule has 4 heterocycles. The number of hydrogen-bond acceptors (Lipinski definition) is 6. The summed E-state index contributed by atoms with van der Waals surface area (Å²) in [7, 11) is 0. The van der Waals surface area contributed by atoms with E-state index in [4.69, 9.17) is 9.47 Å². The molecule has 0 aromatic heterocycles. The summed E-state index contributed by atoms with van der Waals surface area (Å²) < 4.78 is 11.7. The molecule has 4 aliphatic heterocycles. The Kier molecular flexibility index (Phi) is 4.63. The molecule has 8 heteroatoms. The second-order valence-corrected chi connectivity index (χ2v) is 10.1. The van der Waals surface area contributed by atoms with Crippen LogP contribution in [0.4, 0.5) is 11.4 Å². The Balaban J connectivity index is 1.35. The standard InChI is InChI=1S/C28H19BrN2O5/c29-17-8-5-16(6-9-17)26(32)25-24-23(20-11-7-15-3-1-2-4-19(15)31(20)25)27(33)30(28(24)34)18-10-12-21-22(13-18)36-14-35-21/h1-13,20,23-25H,14H2. The van der Waals surface area contributed by atoms with E-state index in [0.717, 1.165) is 15.7 Å². The number of nitrogens with zero attached hydrogens (tertiary/aromatic N) is 2. The van der Waals surface area contributed by atoms with Gasteiger partial charge in [0, 0.05) is 21.8 Å². The van der Waals surface area contributed by atoms with Gasteiger partial charge in [-0.05, 0) is 35.9 Å². The number of carbonyl (C=O) groups excluding carboxylic acids is 3. The topological polar surface area (TPSA) is 76.1 Å². The number of imide groups is 1. The van der Waals surface area contributed by atoms with Gasteiger partial charge >= 0.3 is 0 Å². The molecule has 0 radical (unpaired) electrons. The molecule has 0 N–H and O–H groups in total. The minimum atomic E-state index is -0.820. The van der Waals surface area contributed by atoms with E-state index in [1.165, 1.54) is 4.90 Å². The Hall–Kier alpha value is -3.91. The second-order valence-electron chi connectivity index (χ2n) is 9.23. The molecule has 0 bridgehead atoms. The lowest BCUT2D eigenvalue weighted by Crippen LogP contribution is -2.48. The van der Waals surface area contributed by atoms with Gasteiger partial charge < -0.3 is 14.4 Å². The number of hydrogen-bond donors (Lipinski definition) is 0. The van der Waals surface area contributed by atoms with Crippen LogP contribution in [-0.4, -0.2) is 36.5 Å². The van der Waals surface area contributed by atoms with Crippen molar-refractivity contribution in [3.05, 3.63) is 88.4 Å². The van der Waals surface area contributed by atoms with Gasteiger partial charge in [0.1, 0.15) is 6.04 Å². The summed E-state index contributed by atoms with van der Waals surface area (Å²) in [5.74, 6) is -1.32. The first-order valence-corrected chi connectivity index (χ1v) is 12.4. The van der Waals surface area contributed by atoms with Crippen molar-refractivity contribution in [1.29, 1.82) is 0 Å². The number of ketones is 1. The number of amides is 2. The van der Waals surface area contributed by atoms with E-state index in [1.807, 2.05) is 53.5 Å². The summed E-state index contributed by atoms with van der Waals surface area (Å²) in [6.07, 6.45) is 3.92. The van der Waals surface area contributed by atoms with Crippen LogP contribution in [0.5, 0.6) is 11.5 Å². The van der Waals surface area contributed by atoms with Crippen molar-refractivity contribution in [2.24, 2.45) is 11.8 Å². The van der Waals surface area contributed by atoms with Crippen molar-refractivity contribution in [1.82, 2.24) is 0 Å². The lowest BCUT2D eigenvalue weighted by Gasteiger charge is -2.36. The molecule has 0 aliphatic carbocycles. The predicted molar refractivity (Wildman–Crippen MR) is 136 cm³/mol. The monoisotopic (exact) mass is 542 g/mol. The lowest BCUT2D eigenvalue weighted by atomic mass is 9.86. The smallest absolute Gasteiger partial charge is 0.240 e. The molecule has 0 saturated carbocycles. The summed E-state index contributed by atoms with van der Waals surface area (Å²) in [5, 5.41) is 0. The van der Waals surface area contributed by atoms with E-state index >= 15 is 0 Å². The van der Waals surface area contributed by atoms with Crippen LogP contribution < -0.4 is 19.3 Å². The fourth-order valence-corrected chi connectivity index (χ4v) is 6.14. The summed E-state index contributed by atoms with van der Waals surface area (Å²) >= 11 is 3.42. The van der Waals surface area contributed by atoms with Gasteiger partial charge in [0.05, 0.1) is 23.6 Å². The molecule has 4 unspecified atom stereocenters. The van der Waals surface area contributed by atoms with Gasteiger partial charge in [0.25, 0.3) is 0 Å². The van der Waals surface area contributed by atoms with Crippen LogP contribution in [-0.2, 0) is 9.59 Å². The van der Waals surface area contributed by atoms with Crippen LogP contribution in [0.15, 0.2) is 77.3 Å². The molecule has 2 fully saturated rings. The normalized spacial score (nSPS) is 25.1. The number of fused-ring (bicyclic) bond motifs is 6. The average molecular weight is 543 g/mol. The number of carbonyl (C=O) groups is 3. The first-order valence-electron chi connectivity index (χ1n) is 11.7. The third-order valence-corrected chi connectivity index (χ3v) is 7.96. The number of ether oxygens (including phenoxy) is 2. The Bertz CT molecular complexity index is 1480. The Morgan fingerprint density at radius 2 is 1.64 bits per heavy atom. The van der Waals surface area contributed by atoms with Gasteiger partial charge in [-0.3, -0.25) is 14.4 Å². The van der Waals surface area contributed by atoms with E-state index in [-0.39, 0.29) is 24.4 Å². The maximum atomic E-state index is 14.0. The third-order valence-electron chi connectivity index (χ3n) is 7.43. The predicted octanol–water partition coefficient (Wildman–Crippen LogP) is 4.45. The zero-order valence-corrected chi connectivity index (χ0v) is 20.4. The second kappa shape index (κ2) is 7.80.